The van der Waals surface area contributed by atoms with E-state index in [1.807, 2.05) is 38.2 Å². The third kappa shape index (κ3) is 2.62. The molecule has 0 saturated heterocycles. The van der Waals surface area contributed by atoms with E-state index in [1.165, 1.54) is 0 Å². The van der Waals surface area contributed by atoms with Gasteiger partial charge in [0.05, 0.1) is 4.47 Å². The molecule has 0 radical (unpaired) electrons. The van der Waals surface area contributed by atoms with Crippen LogP contribution in [0.25, 0.3) is 11.1 Å². The van der Waals surface area contributed by atoms with Crippen LogP contribution in [0.2, 0.25) is 0 Å². The lowest BCUT2D eigenvalue weighted by molar-refractivity contribution is 0.624. The molecule has 0 aliphatic heterocycles. The maximum atomic E-state index is 14.1. The van der Waals surface area contributed by atoms with Crippen LogP contribution in [0.3, 0.4) is 0 Å². The lowest BCUT2D eigenvalue weighted by Crippen LogP contribution is -2.05. The van der Waals surface area contributed by atoms with Gasteiger partial charge in [-0.15, -0.1) is 0 Å². The Morgan fingerprint density at radius 1 is 1.17 bits per heavy atom. The van der Waals surface area contributed by atoms with Crippen molar-refractivity contribution in [3.05, 3.63) is 57.8 Å². The third-order valence-electron chi connectivity index (χ3n) is 2.92. The Bertz CT molecular complexity index is 566. The van der Waals surface area contributed by atoms with Crippen molar-refractivity contribution in [3.63, 3.8) is 0 Å². The molecule has 0 amide bonds. The minimum absolute atomic E-state index is 0.206. The van der Waals surface area contributed by atoms with Gasteiger partial charge in [-0.05, 0) is 58.7 Å². The Morgan fingerprint density at radius 2 is 1.94 bits per heavy atom. The molecule has 0 aliphatic rings. The van der Waals surface area contributed by atoms with Crippen LogP contribution in [0.1, 0.15) is 11.1 Å². The second kappa shape index (κ2) is 5.63. The first-order valence-corrected chi connectivity index (χ1v) is 6.61. The molecule has 0 atom stereocenters. The van der Waals surface area contributed by atoms with E-state index in [0.29, 0.717) is 10.0 Å². The smallest absolute Gasteiger partial charge is 0.145 e. The molecule has 0 bridgehead atoms. The minimum Gasteiger partial charge on any atom is -0.316 e. The molecular weight excluding hydrogens is 293 g/mol. The van der Waals surface area contributed by atoms with E-state index in [-0.39, 0.29) is 5.82 Å². The first-order chi connectivity index (χ1) is 8.63. The topological polar surface area (TPSA) is 12.0 Å². The molecule has 18 heavy (non-hydrogen) atoms. The zero-order valence-corrected chi connectivity index (χ0v) is 12.0. The number of nitrogens with one attached hydrogen (secondary N) is 1. The molecule has 1 N–H and O–H groups in total. The van der Waals surface area contributed by atoms with E-state index in [4.69, 9.17) is 0 Å². The highest BCUT2D eigenvalue weighted by molar-refractivity contribution is 9.10. The number of benzene rings is 2. The molecule has 0 aliphatic carbocycles. The monoisotopic (exact) mass is 307 g/mol. The van der Waals surface area contributed by atoms with Crippen LogP contribution in [0.5, 0.6) is 0 Å². The van der Waals surface area contributed by atoms with Crippen LogP contribution in [0.4, 0.5) is 4.39 Å². The summed E-state index contributed by atoms with van der Waals surface area (Å²) in [6.07, 6.45) is 0. The van der Waals surface area contributed by atoms with E-state index >= 15 is 0 Å². The van der Waals surface area contributed by atoms with Crippen molar-refractivity contribution in [2.75, 3.05) is 7.05 Å². The second-order valence-corrected chi connectivity index (χ2v) is 5.14. The number of hydrogen-bond donors (Lipinski definition) is 1. The molecule has 0 aromatic heterocycles. The fraction of sp³-hybridized carbons (Fsp3) is 0.200. The number of hydrogen-bond acceptors (Lipinski definition) is 1. The quantitative estimate of drug-likeness (QED) is 0.892. The van der Waals surface area contributed by atoms with Crippen LogP contribution >= 0.6 is 15.9 Å². The van der Waals surface area contributed by atoms with Crippen LogP contribution in [0, 0.1) is 12.7 Å². The predicted molar refractivity (Wildman–Crippen MR) is 77.0 cm³/mol. The van der Waals surface area contributed by atoms with E-state index < -0.39 is 0 Å². The largest absolute Gasteiger partial charge is 0.316 e. The van der Waals surface area contributed by atoms with Gasteiger partial charge in [-0.2, -0.15) is 0 Å². The molecule has 2 aromatic rings. The molecule has 3 heteroatoms. The standard InChI is InChI=1S/C15H15BrFN/c1-10-6-7-11(9-18-2)8-13(10)12-4-3-5-14(16)15(12)17/h3-8,18H,9H2,1-2H3. The molecule has 1 nitrogen and oxygen atoms in total. The minimum atomic E-state index is -0.206. The summed E-state index contributed by atoms with van der Waals surface area (Å²) in [6, 6.07) is 11.5. The molecule has 2 rings (SSSR count). The Kier molecular flexibility index (Phi) is 4.15. The van der Waals surface area contributed by atoms with Crippen molar-refractivity contribution in [2.24, 2.45) is 0 Å². The van der Waals surface area contributed by atoms with Crippen molar-refractivity contribution >= 4 is 15.9 Å². The average Bonchev–Trinajstić information content (AvgIpc) is 2.36. The van der Waals surface area contributed by atoms with E-state index in [0.717, 1.165) is 23.2 Å². The summed E-state index contributed by atoms with van der Waals surface area (Å²) in [6.45, 7) is 2.78. The van der Waals surface area contributed by atoms with Gasteiger partial charge in [-0.3, -0.25) is 0 Å². The lowest BCUT2D eigenvalue weighted by atomic mass is 9.97. The second-order valence-electron chi connectivity index (χ2n) is 4.28. The maximum Gasteiger partial charge on any atom is 0.145 e. The van der Waals surface area contributed by atoms with Gasteiger partial charge in [0.2, 0.25) is 0 Å². The van der Waals surface area contributed by atoms with Crippen LogP contribution < -0.4 is 5.32 Å². The highest BCUT2D eigenvalue weighted by Crippen LogP contribution is 2.30. The predicted octanol–water partition coefficient (Wildman–Crippen LogP) is 4.28. The summed E-state index contributed by atoms with van der Waals surface area (Å²) in [5.74, 6) is -0.206. The van der Waals surface area contributed by atoms with Crippen molar-refractivity contribution < 1.29 is 4.39 Å². The average molecular weight is 308 g/mol. The van der Waals surface area contributed by atoms with Crippen molar-refractivity contribution in [3.8, 4) is 11.1 Å². The van der Waals surface area contributed by atoms with Gasteiger partial charge < -0.3 is 5.32 Å². The van der Waals surface area contributed by atoms with Crippen LogP contribution in [0.15, 0.2) is 40.9 Å². The molecule has 2 aromatic carbocycles. The SMILES string of the molecule is CNCc1ccc(C)c(-c2cccc(Br)c2F)c1. The summed E-state index contributed by atoms with van der Waals surface area (Å²) >= 11 is 3.23. The van der Waals surface area contributed by atoms with E-state index in [9.17, 15) is 4.39 Å². The Balaban J connectivity index is 2.55. The molecule has 0 heterocycles. The highest BCUT2D eigenvalue weighted by Gasteiger charge is 2.10. The Hall–Kier alpha value is -1.19. The zero-order chi connectivity index (χ0) is 13.1. The number of halogens is 2. The molecule has 0 spiro atoms. The Labute approximate surface area is 115 Å². The van der Waals surface area contributed by atoms with Crippen LogP contribution in [-0.2, 0) is 6.54 Å². The van der Waals surface area contributed by atoms with E-state index in [1.54, 1.807) is 6.07 Å². The highest BCUT2D eigenvalue weighted by atomic mass is 79.9. The van der Waals surface area contributed by atoms with Crippen molar-refractivity contribution in [1.29, 1.82) is 0 Å². The molecule has 94 valence electrons. The fourth-order valence-corrected chi connectivity index (χ4v) is 2.35. The van der Waals surface area contributed by atoms with Crippen molar-refractivity contribution in [1.82, 2.24) is 5.32 Å². The first-order valence-electron chi connectivity index (χ1n) is 5.82. The summed E-state index contributed by atoms with van der Waals surface area (Å²) in [7, 11) is 1.90. The van der Waals surface area contributed by atoms with Gasteiger partial charge in [-0.1, -0.05) is 24.3 Å². The van der Waals surface area contributed by atoms with Gasteiger partial charge >= 0.3 is 0 Å². The molecule has 0 unspecified atom stereocenters. The van der Waals surface area contributed by atoms with Gasteiger partial charge in [0.25, 0.3) is 0 Å². The number of aryl methyl sites for hydroxylation is 1. The number of rotatable bonds is 3. The lowest BCUT2D eigenvalue weighted by Gasteiger charge is -2.11. The van der Waals surface area contributed by atoms with Gasteiger partial charge in [-0.25, -0.2) is 4.39 Å². The Morgan fingerprint density at radius 3 is 2.67 bits per heavy atom. The van der Waals surface area contributed by atoms with Gasteiger partial charge in [0, 0.05) is 12.1 Å². The summed E-state index contributed by atoms with van der Waals surface area (Å²) in [4.78, 5) is 0. The molecule has 0 saturated carbocycles. The van der Waals surface area contributed by atoms with Crippen molar-refractivity contribution in [2.45, 2.75) is 13.5 Å². The van der Waals surface area contributed by atoms with E-state index in [2.05, 4.69) is 27.3 Å². The first kappa shape index (κ1) is 13.2. The van der Waals surface area contributed by atoms with Crippen LogP contribution in [-0.4, -0.2) is 7.05 Å². The fourth-order valence-electron chi connectivity index (χ4n) is 1.99. The summed E-state index contributed by atoms with van der Waals surface area (Å²) < 4.78 is 14.6. The normalized spacial score (nSPS) is 10.7. The van der Waals surface area contributed by atoms with Gasteiger partial charge in [0.15, 0.2) is 0 Å². The molecule has 0 fully saturated rings. The van der Waals surface area contributed by atoms with Gasteiger partial charge in [0.1, 0.15) is 5.82 Å². The molecular formula is C15H15BrFN. The maximum absolute atomic E-state index is 14.1. The summed E-state index contributed by atoms with van der Waals surface area (Å²) in [5.41, 5.74) is 3.81. The third-order valence-corrected chi connectivity index (χ3v) is 3.54. The summed E-state index contributed by atoms with van der Waals surface area (Å²) in [5, 5.41) is 3.11. The zero-order valence-electron chi connectivity index (χ0n) is 10.4.